The molecule has 0 aliphatic heterocycles. The monoisotopic (exact) mass is 314 g/mol. The van der Waals surface area contributed by atoms with Crippen LogP contribution in [0.4, 0.5) is 10.5 Å². The van der Waals surface area contributed by atoms with Gasteiger partial charge in [-0.25, -0.2) is 4.79 Å². The van der Waals surface area contributed by atoms with Gasteiger partial charge in [-0.05, 0) is 30.7 Å². The minimum Gasteiger partial charge on any atom is -0.481 e. The number of urea groups is 1. The number of carbonyl (C=O) groups excluding carboxylic acids is 1. The summed E-state index contributed by atoms with van der Waals surface area (Å²) in [4.78, 5) is 22.3. The van der Waals surface area contributed by atoms with Gasteiger partial charge in [-0.1, -0.05) is 22.9 Å². The SMILES string of the molecule is CCC(CNC(=O)Nc1ccc(Br)cc1)C(=O)O. The minimum atomic E-state index is -0.901. The Balaban J connectivity index is 2.42. The largest absolute Gasteiger partial charge is 0.481 e. The van der Waals surface area contributed by atoms with Gasteiger partial charge in [0, 0.05) is 16.7 Å². The Morgan fingerprint density at radius 1 is 1.33 bits per heavy atom. The van der Waals surface area contributed by atoms with Crippen molar-refractivity contribution in [2.24, 2.45) is 5.92 Å². The molecule has 5 nitrogen and oxygen atoms in total. The van der Waals surface area contributed by atoms with Crippen LogP contribution < -0.4 is 10.6 Å². The molecule has 18 heavy (non-hydrogen) atoms. The first-order chi connectivity index (χ1) is 8.52. The Morgan fingerprint density at radius 2 is 1.94 bits per heavy atom. The maximum atomic E-state index is 11.5. The predicted octanol–water partition coefficient (Wildman–Crippen LogP) is 2.68. The molecule has 0 aromatic heterocycles. The molecule has 1 aromatic carbocycles. The van der Waals surface area contributed by atoms with Gasteiger partial charge in [0.1, 0.15) is 0 Å². The number of carbonyl (C=O) groups is 2. The van der Waals surface area contributed by atoms with Crippen molar-refractivity contribution >= 4 is 33.6 Å². The van der Waals surface area contributed by atoms with Crippen LogP contribution >= 0.6 is 15.9 Å². The summed E-state index contributed by atoms with van der Waals surface area (Å²) in [5.74, 6) is -1.46. The molecule has 0 radical (unpaired) electrons. The van der Waals surface area contributed by atoms with Crippen LogP contribution in [0, 0.1) is 5.92 Å². The van der Waals surface area contributed by atoms with E-state index in [0.717, 1.165) is 4.47 Å². The second kappa shape index (κ2) is 7.00. The molecule has 1 unspecified atom stereocenters. The fourth-order valence-electron chi connectivity index (χ4n) is 1.33. The lowest BCUT2D eigenvalue weighted by atomic mass is 10.1. The van der Waals surface area contributed by atoms with E-state index in [2.05, 4.69) is 26.6 Å². The molecule has 0 bridgehead atoms. The Hall–Kier alpha value is -1.56. The van der Waals surface area contributed by atoms with Gasteiger partial charge in [0.15, 0.2) is 0 Å². The zero-order chi connectivity index (χ0) is 13.5. The van der Waals surface area contributed by atoms with Crippen LogP contribution in [0.25, 0.3) is 0 Å². The lowest BCUT2D eigenvalue weighted by molar-refractivity contribution is -0.141. The van der Waals surface area contributed by atoms with Crippen LogP contribution in [-0.2, 0) is 4.79 Å². The molecule has 1 aromatic rings. The predicted molar refractivity (Wildman–Crippen MR) is 72.6 cm³/mol. The molecule has 0 saturated carbocycles. The van der Waals surface area contributed by atoms with E-state index in [-0.39, 0.29) is 6.54 Å². The van der Waals surface area contributed by atoms with Crippen molar-refractivity contribution in [1.82, 2.24) is 5.32 Å². The van der Waals surface area contributed by atoms with E-state index < -0.39 is 17.9 Å². The van der Waals surface area contributed by atoms with Crippen molar-refractivity contribution < 1.29 is 14.7 Å². The second-order valence-corrected chi connectivity index (χ2v) is 4.70. The molecule has 98 valence electrons. The number of amides is 2. The normalized spacial score (nSPS) is 11.7. The third-order valence-corrected chi connectivity index (χ3v) is 2.98. The average molecular weight is 315 g/mol. The van der Waals surface area contributed by atoms with Crippen molar-refractivity contribution in [3.8, 4) is 0 Å². The molecule has 3 N–H and O–H groups in total. The number of hydrogen-bond donors (Lipinski definition) is 3. The fraction of sp³-hybridized carbons (Fsp3) is 0.333. The van der Waals surface area contributed by atoms with Crippen LogP contribution in [0.3, 0.4) is 0 Å². The lowest BCUT2D eigenvalue weighted by Gasteiger charge is -2.12. The van der Waals surface area contributed by atoms with Gasteiger partial charge in [-0.2, -0.15) is 0 Å². The van der Waals surface area contributed by atoms with Gasteiger partial charge in [-0.3, -0.25) is 4.79 Å². The average Bonchev–Trinajstić information content (AvgIpc) is 2.32. The molecule has 0 saturated heterocycles. The summed E-state index contributed by atoms with van der Waals surface area (Å²) >= 11 is 3.29. The summed E-state index contributed by atoms with van der Waals surface area (Å²) in [5, 5.41) is 14.0. The van der Waals surface area contributed by atoms with Crippen LogP contribution in [-0.4, -0.2) is 23.7 Å². The molecule has 0 aliphatic rings. The number of carboxylic acid groups (broad SMARTS) is 1. The van der Waals surface area contributed by atoms with Gasteiger partial charge >= 0.3 is 12.0 Å². The summed E-state index contributed by atoms with van der Waals surface area (Å²) in [5.41, 5.74) is 0.652. The van der Waals surface area contributed by atoms with E-state index in [9.17, 15) is 9.59 Å². The summed E-state index contributed by atoms with van der Waals surface area (Å²) in [6.07, 6.45) is 0.480. The Morgan fingerprint density at radius 3 is 2.44 bits per heavy atom. The molecular weight excluding hydrogens is 300 g/mol. The van der Waals surface area contributed by atoms with E-state index in [1.807, 2.05) is 12.1 Å². The zero-order valence-electron chi connectivity index (χ0n) is 9.94. The number of aliphatic carboxylic acids is 1. The van der Waals surface area contributed by atoms with Crippen LogP contribution in [0.1, 0.15) is 13.3 Å². The van der Waals surface area contributed by atoms with Crippen LogP contribution in [0.15, 0.2) is 28.7 Å². The first kappa shape index (κ1) is 14.5. The second-order valence-electron chi connectivity index (χ2n) is 3.79. The van der Waals surface area contributed by atoms with E-state index in [1.165, 1.54) is 0 Å². The number of carboxylic acids is 1. The summed E-state index contributed by atoms with van der Waals surface area (Å²) in [6.45, 7) is 1.89. The summed E-state index contributed by atoms with van der Waals surface area (Å²) in [7, 11) is 0. The molecule has 1 atom stereocenters. The minimum absolute atomic E-state index is 0.119. The third kappa shape index (κ3) is 4.75. The highest BCUT2D eigenvalue weighted by molar-refractivity contribution is 9.10. The standard InChI is InChI=1S/C12H15BrN2O3/c1-2-8(11(16)17)7-14-12(18)15-10-5-3-9(13)4-6-10/h3-6,8H,2,7H2,1H3,(H,16,17)(H2,14,15,18). The Bertz CT molecular complexity index is 420. The number of hydrogen-bond acceptors (Lipinski definition) is 2. The molecule has 0 fully saturated rings. The molecule has 1 rings (SSSR count). The topological polar surface area (TPSA) is 78.4 Å². The van der Waals surface area contributed by atoms with Crippen molar-refractivity contribution in [1.29, 1.82) is 0 Å². The number of anilines is 1. The fourth-order valence-corrected chi connectivity index (χ4v) is 1.60. The van der Waals surface area contributed by atoms with Crippen LogP contribution in [0.2, 0.25) is 0 Å². The van der Waals surface area contributed by atoms with Crippen molar-refractivity contribution in [2.45, 2.75) is 13.3 Å². The van der Waals surface area contributed by atoms with E-state index in [0.29, 0.717) is 12.1 Å². The highest BCUT2D eigenvalue weighted by atomic mass is 79.9. The van der Waals surface area contributed by atoms with E-state index in [1.54, 1.807) is 19.1 Å². The van der Waals surface area contributed by atoms with Crippen LogP contribution in [0.5, 0.6) is 0 Å². The summed E-state index contributed by atoms with van der Waals surface area (Å²) < 4.78 is 0.922. The number of halogens is 1. The number of benzene rings is 1. The van der Waals surface area contributed by atoms with Gasteiger partial charge in [0.2, 0.25) is 0 Å². The highest BCUT2D eigenvalue weighted by Gasteiger charge is 2.15. The summed E-state index contributed by atoms with van der Waals surface area (Å²) in [6, 6.07) is 6.71. The van der Waals surface area contributed by atoms with Crippen molar-refractivity contribution in [3.63, 3.8) is 0 Å². The smallest absolute Gasteiger partial charge is 0.319 e. The third-order valence-electron chi connectivity index (χ3n) is 2.45. The van der Waals surface area contributed by atoms with Crippen molar-refractivity contribution in [2.75, 3.05) is 11.9 Å². The van der Waals surface area contributed by atoms with E-state index >= 15 is 0 Å². The maximum Gasteiger partial charge on any atom is 0.319 e. The molecule has 0 spiro atoms. The Labute approximate surface area is 114 Å². The van der Waals surface area contributed by atoms with Crippen molar-refractivity contribution in [3.05, 3.63) is 28.7 Å². The lowest BCUT2D eigenvalue weighted by Crippen LogP contribution is -2.35. The first-order valence-electron chi connectivity index (χ1n) is 5.56. The highest BCUT2D eigenvalue weighted by Crippen LogP contribution is 2.13. The number of nitrogens with one attached hydrogen (secondary N) is 2. The van der Waals surface area contributed by atoms with Gasteiger partial charge in [0.05, 0.1) is 5.92 Å². The first-order valence-corrected chi connectivity index (χ1v) is 6.35. The molecule has 0 heterocycles. The van der Waals surface area contributed by atoms with Gasteiger partial charge in [0.25, 0.3) is 0 Å². The zero-order valence-corrected chi connectivity index (χ0v) is 11.5. The molecule has 2 amide bonds. The van der Waals surface area contributed by atoms with Gasteiger partial charge < -0.3 is 15.7 Å². The molecule has 0 aliphatic carbocycles. The van der Waals surface area contributed by atoms with E-state index in [4.69, 9.17) is 5.11 Å². The molecule has 6 heteroatoms. The van der Waals surface area contributed by atoms with Gasteiger partial charge in [-0.15, -0.1) is 0 Å². The Kier molecular flexibility index (Phi) is 5.64. The maximum absolute atomic E-state index is 11.5. The quantitative estimate of drug-likeness (QED) is 0.781. The molecular formula is C12H15BrN2O3. The number of rotatable bonds is 5.